The van der Waals surface area contributed by atoms with Crippen molar-refractivity contribution in [3.05, 3.63) is 23.9 Å². The van der Waals surface area contributed by atoms with Gasteiger partial charge in [0.15, 0.2) is 0 Å². The van der Waals surface area contributed by atoms with Gasteiger partial charge in [-0.2, -0.15) is 0 Å². The highest BCUT2D eigenvalue weighted by atomic mass is 16.5. The summed E-state index contributed by atoms with van der Waals surface area (Å²) in [6.07, 6.45) is 2.75. The zero-order valence-corrected chi connectivity index (χ0v) is 9.07. The minimum Gasteiger partial charge on any atom is -0.394 e. The van der Waals surface area contributed by atoms with E-state index in [0.29, 0.717) is 13.2 Å². The van der Waals surface area contributed by atoms with Crippen LogP contribution in [-0.2, 0) is 4.74 Å². The monoisotopic (exact) mass is 210 g/mol. The van der Waals surface area contributed by atoms with Gasteiger partial charge < -0.3 is 15.2 Å². The molecule has 0 saturated carbocycles. The predicted molar refractivity (Wildman–Crippen MR) is 60.0 cm³/mol. The fourth-order valence-corrected chi connectivity index (χ4v) is 1.13. The van der Waals surface area contributed by atoms with Gasteiger partial charge >= 0.3 is 0 Å². The predicted octanol–water partition coefficient (Wildman–Crippen LogP) is 1.20. The van der Waals surface area contributed by atoms with Gasteiger partial charge in [-0.15, -0.1) is 0 Å². The van der Waals surface area contributed by atoms with Gasteiger partial charge in [-0.05, 0) is 25.0 Å². The van der Waals surface area contributed by atoms with Gasteiger partial charge in [0, 0.05) is 19.3 Å². The highest BCUT2D eigenvalue weighted by Crippen LogP contribution is 2.03. The summed E-state index contributed by atoms with van der Waals surface area (Å²) >= 11 is 0. The third-order valence-corrected chi connectivity index (χ3v) is 1.92. The smallest absolute Gasteiger partial charge is 0.125 e. The molecule has 2 N–H and O–H groups in total. The van der Waals surface area contributed by atoms with E-state index in [4.69, 9.17) is 9.84 Å². The van der Waals surface area contributed by atoms with E-state index < -0.39 is 0 Å². The number of ether oxygens (including phenoxy) is 1. The van der Waals surface area contributed by atoms with E-state index in [-0.39, 0.29) is 6.61 Å². The minimum absolute atomic E-state index is 0.0902. The highest BCUT2D eigenvalue weighted by molar-refractivity contribution is 5.34. The van der Waals surface area contributed by atoms with E-state index in [1.54, 1.807) is 0 Å². The number of hydrogen-bond acceptors (Lipinski definition) is 4. The van der Waals surface area contributed by atoms with Gasteiger partial charge in [-0.3, -0.25) is 0 Å². The Balaban J connectivity index is 2.07. The van der Waals surface area contributed by atoms with Crippen LogP contribution in [0.1, 0.15) is 12.0 Å². The third-order valence-electron chi connectivity index (χ3n) is 1.92. The molecule has 0 aliphatic carbocycles. The quantitative estimate of drug-likeness (QED) is 0.664. The Hall–Kier alpha value is -1.13. The molecule has 0 aliphatic heterocycles. The molecular formula is C11H18N2O2. The molecule has 0 saturated heterocycles. The Morgan fingerprint density at radius 2 is 2.27 bits per heavy atom. The summed E-state index contributed by atoms with van der Waals surface area (Å²) in [4.78, 5) is 4.22. The molecule has 0 fully saturated rings. The molecule has 0 atom stereocenters. The van der Waals surface area contributed by atoms with Crippen LogP contribution in [0.3, 0.4) is 0 Å². The van der Waals surface area contributed by atoms with Crippen LogP contribution in [0.15, 0.2) is 18.3 Å². The lowest BCUT2D eigenvalue weighted by atomic mass is 10.3. The number of hydrogen-bond donors (Lipinski definition) is 2. The second kappa shape index (κ2) is 7.20. The summed E-state index contributed by atoms with van der Waals surface area (Å²) in [5.41, 5.74) is 1.16. The van der Waals surface area contributed by atoms with E-state index in [1.165, 1.54) is 0 Å². The summed E-state index contributed by atoms with van der Waals surface area (Å²) in [6.45, 7) is 4.02. The van der Waals surface area contributed by atoms with E-state index in [2.05, 4.69) is 10.3 Å². The number of rotatable bonds is 7. The van der Waals surface area contributed by atoms with Crippen LogP contribution in [0, 0.1) is 6.92 Å². The lowest BCUT2D eigenvalue weighted by Crippen LogP contribution is -2.08. The van der Waals surface area contributed by atoms with E-state index >= 15 is 0 Å². The molecule has 0 unspecified atom stereocenters. The Kier molecular flexibility index (Phi) is 5.73. The molecule has 1 rings (SSSR count). The number of nitrogens with zero attached hydrogens (tertiary/aromatic N) is 1. The second-order valence-corrected chi connectivity index (χ2v) is 3.34. The average Bonchev–Trinajstić information content (AvgIpc) is 2.26. The van der Waals surface area contributed by atoms with Gasteiger partial charge in [-0.1, -0.05) is 6.07 Å². The Bertz CT molecular complexity index is 262. The number of aromatic nitrogens is 1. The van der Waals surface area contributed by atoms with Crippen LogP contribution >= 0.6 is 0 Å². The van der Waals surface area contributed by atoms with Crippen LogP contribution in [0.5, 0.6) is 0 Å². The molecule has 84 valence electrons. The van der Waals surface area contributed by atoms with Crippen molar-refractivity contribution < 1.29 is 9.84 Å². The minimum atomic E-state index is 0.0902. The van der Waals surface area contributed by atoms with Crippen molar-refractivity contribution in [1.82, 2.24) is 4.98 Å². The first kappa shape index (κ1) is 11.9. The molecule has 1 aromatic rings. The fourth-order valence-electron chi connectivity index (χ4n) is 1.13. The van der Waals surface area contributed by atoms with Crippen molar-refractivity contribution in [3.8, 4) is 0 Å². The fraction of sp³-hybridized carbons (Fsp3) is 0.545. The lowest BCUT2D eigenvalue weighted by molar-refractivity contribution is 0.0922. The summed E-state index contributed by atoms with van der Waals surface area (Å²) in [6, 6.07) is 3.99. The molecule has 0 aromatic carbocycles. The summed E-state index contributed by atoms with van der Waals surface area (Å²) in [7, 11) is 0. The summed E-state index contributed by atoms with van der Waals surface area (Å²) in [5, 5.41) is 11.7. The Labute approximate surface area is 90.3 Å². The van der Waals surface area contributed by atoms with Crippen molar-refractivity contribution in [2.45, 2.75) is 13.3 Å². The number of aryl methyl sites for hydroxylation is 1. The van der Waals surface area contributed by atoms with Crippen molar-refractivity contribution in [2.24, 2.45) is 0 Å². The van der Waals surface area contributed by atoms with Crippen molar-refractivity contribution in [3.63, 3.8) is 0 Å². The van der Waals surface area contributed by atoms with Crippen LogP contribution in [0.2, 0.25) is 0 Å². The molecule has 4 heteroatoms. The second-order valence-electron chi connectivity index (χ2n) is 3.34. The lowest BCUT2D eigenvalue weighted by Gasteiger charge is -2.05. The maximum absolute atomic E-state index is 8.48. The van der Waals surface area contributed by atoms with Crippen LogP contribution in [0.25, 0.3) is 0 Å². The van der Waals surface area contributed by atoms with Crippen LogP contribution < -0.4 is 5.32 Å². The maximum Gasteiger partial charge on any atom is 0.125 e. The Morgan fingerprint density at radius 3 is 2.93 bits per heavy atom. The van der Waals surface area contributed by atoms with E-state index in [1.807, 2.05) is 25.3 Å². The van der Waals surface area contributed by atoms with Crippen molar-refractivity contribution in [1.29, 1.82) is 0 Å². The highest BCUT2D eigenvalue weighted by Gasteiger charge is 1.92. The first-order chi connectivity index (χ1) is 7.33. The van der Waals surface area contributed by atoms with Gasteiger partial charge in [0.05, 0.1) is 13.2 Å². The van der Waals surface area contributed by atoms with Crippen LogP contribution in [0.4, 0.5) is 5.82 Å². The largest absolute Gasteiger partial charge is 0.394 e. The maximum atomic E-state index is 8.48. The zero-order valence-electron chi connectivity index (χ0n) is 9.07. The summed E-state index contributed by atoms with van der Waals surface area (Å²) < 4.78 is 5.13. The molecular weight excluding hydrogens is 192 g/mol. The van der Waals surface area contributed by atoms with Gasteiger partial charge in [-0.25, -0.2) is 4.98 Å². The van der Waals surface area contributed by atoms with Gasteiger partial charge in [0.25, 0.3) is 0 Å². The molecule has 0 bridgehead atoms. The molecule has 1 aromatic heterocycles. The van der Waals surface area contributed by atoms with Gasteiger partial charge in [0.1, 0.15) is 5.82 Å². The molecule has 4 nitrogen and oxygen atoms in total. The topological polar surface area (TPSA) is 54.4 Å². The molecule has 0 radical (unpaired) electrons. The van der Waals surface area contributed by atoms with Gasteiger partial charge in [0.2, 0.25) is 0 Å². The number of aliphatic hydroxyl groups excluding tert-OH is 1. The first-order valence-corrected chi connectivity index (χ1v) is 5.18. The molecule has 0 amide bonds. The Morgan fingerprint density at radius 1 is 1.40 bits per heavy atom. The molecule has 15 heavy (non-hydrogen) atoms. The average molecular weight is 210 g/mol. The van der Waals surface area contributed by atoms with Crippen LogP contribution in [-0.4, -0.2) is 36.5 Å². The van der Waals surface area contributed by atoms with Crippen molar-refractivity contribution in [2.75, 3.05) is 31.7 Å². The zero-order chi connectivity index (χ0) is 10.9. The van der Waals surface area contributed by atoms with E-state index in [0.717, 1.165) is 24.3 Å². The third kappa shape index (κ3) is 5.34. The number of pyridine rings is 1. The van der Waals surface area contributed by atoms with E-state index in [9.17, 15) is 0 Å². The normalized spacial score (nSPS) is 10.3. The number of nitrogens with one attached hydrogen (secondary N) is 1. The van der Waals surface area contributed by atoms with Crippen molar-refractivity contribution >= 4 is 5.82 Å². The standard InChI is InChI=1S/C11H18N2O2/c1-10-3-4-11(13-9-10)12-5-2-7-15-8-6-14/h3-4,9,14H,2,5-8H2,1H3,(H,12,13). The number of anilines is 1. The SMILES string of the molecule is Cc1ccc(NCCCOCCO)nc1. The molecule has 0 spiro atoms. The first-order valence-electron chi connectivity index (χ1n) is 5.18. The number of aliphatic hydroxyl groups is 1. The molecule has 0 aliphatic rings. The summed E-state index contributed by atoms with van der Waals surface area (Å²) in [5.74, 6) is 0.891. The molecule has 1 heterocycles.